The van der Waals surface area contributed by atoms with E-state index in [-0.39, 0.29) is 30.7 Å². The van der Waals surface area contributed by atoms with Crippen LogP contribution >= 0.6 is 36.2 Å². The van der Waals surface area contributed by atoms with E-state index in [9.17, 15) is 4.79 Å². The third-order valence-electron chi connectivity index (χ3n) is 4.19. The number of halogens is 2. The van der Waals surface area contributed by atoms with Gasteiger partial charge in [-0.05, 0) is 25.8 Å². The number of nitrogens with one attached hydrogen (secondary N) is 1. The van der Waals surface area contributed by atoms with Crippen molar-refractivity contribution in [3.63, 3.8) is 0 Å². The number of aromatic nitrogens is 4. The van der Waals surface area contributed by atoms with Gasteiger partial charge in [0.15, 0.2) is 0 Å². The van der Waals surface area contributed by atoms with Crippen molar-refractivity contribution < 1.29 is 4.79 Å². The molecule has 146 valence electrons. The lowest BCUT2D eigenvalue weighted by atomic mass is 10.2. The number of nitrogens with two attached hydrogens (primary N) is 1. The van der Waals surface area contributed by atoms with Gasteiger partial charge in [0, 0.05) is 37.7 Å². The van der Waals surface area contributed by atoms with Crippen LogP contribution < -0.4 is 11.1 Å². The molecule has 7 nitrogen and oxygen atoms in total. The lowest BCUT2D eigenvalue weighted by molar-refractivity contribution is 0.0948. The summed E-state index contributed by atoms with van der Waals surface area (Å²) >= 11 is 1.48. The maximum absolute atomic E-state index is 12.1. The number of thiazole rings is 1. The predicted octanol–water partition coefficient (Wildman–Crippen LogP) is 2.17. The Morgan fingerprint density at radius 3 is 2.88 bits per heavy atom. The van der Waals surface area contributed by atoms with E-state index >= 15 is 0 Å². The van der Waals surface area contributed by atoms with E-state index in [1.165, 1.54) is 30.6 Å². The third-order valence-corrected chi connectivity index (χ3v) is 5.10. The monoisotopic (exact) mass is 420 g/mol. The van der Waals surface area contributed by atoms with Crippen molar-refractivity contribution in [2.45, 2.75) is 51.5 Å². The van der Waals surface area contributed by atoms with Crippen LogP contribution in [-0.4, -0.2) is 38.7 Å². The molecule has 0 unspecified atom stereocenters. The Morgan fingerprint density at radius 2 is 2.08 bits per heavy atom. The zero-order valence-corrected chi connectivity index (χ0v) is 17.1. The van der Waals surface area contributed by atoms with Gasteiger partial charge in [0.1, 0.15) is 17.3 Å². The van der Waals surface area contributed by atoms with Crippen LogP contribution in [0.1, 0.15) is 52.8 Å². The van der Waals surface area contributed by atoms with Gasteiger partial charge in [-0.1, -0.05) is 6.42 Å². The van der Waals surface area contributed by atoms with Crippen molar-refractivity contribution in [2.24, 2.45) is 5.73 Å². The highest BCUT2D eigenvalue weighted by molar-refractivity contribution is 7.09. The first-order valence-corrected chi connectivity index (χ1v) is 9.49. The summed E-state index contributed by atoms with van der Waals surface area (Å²) in [6.45, 7) is 2.19. The molecule has 2 aromatic rings. The summed E-state index contributed by atoms with van der Waals surface area (Å²) in [4.78, 5) is 16.4. The van der Waals surface area contributed by atoms with Crippen LogP contribution in [0.2, 0.25) is 0 Å². The van der Waals surface area contributed by atoms with Gasteiger partial charge in [-0.3, -0.25) is 4.79 Å². The summed E-state index contributed by atoms with van der Waals surface area (Å²) in [6, 6.07) is 0. The molecule has 1 aliphatic heterocycles. The molecule has 0 fully saturated rings. The number of rotatable bonds is 7. The summed E-state index contributed by atoms with van der Waals surface area (Å²) in [5.41, 5.74) is 5.99. The molecule has 3 rings (SSSR count). The molecular formula is C16H26Cl2N6OS. The van der Waals surface area contributed by atoms with E-state index in [2.05, 4.69) is 25.1 Å². The van der Waals surface area contributed by atoms with Crippen LogP contribution in [0.5, 0.6) is 0 Å². The second-order valence-corrected chi connectivity index (χ2v) is 6.96. The fourth-order valence-electron chi connectivity index (χ4n) is 2.92. The number of nitrogens with zero attached hydrogens (tertiary/aromatic N) is 4. The Labute approximate surface area is 170 Å². The zero-order valence-electron chi connectivity index (χ0n) is 14.6. The van der Waals surface area contributed by atoms with Gasteiger partial charge < -0.3 is 15.6 Å². The molecule has 0 saturated carbocycles. The van der Waals surface area contributed by atoms with E-state index in [0.717, 1.165) is 48.9 Å². The molecule has 10 heteroatoms. The number of hydrogen-bond acceptors (Lipinski definition) is 6. The lowest BCUT2D eigenvalue weighted by Gasteiger charge is -2.07. The van der Waals surface area contributed by atoms with Gasteiger partial charge in [-0.15, -0.1) is 46.3 Å². The van der Waals surface area contributed by atoms with Crippen molar-refractivity contribution in [2.75, 3.05) is 13.1 Å². The minimum Gasteiger partial charge on any atom is -0.351 e. The zero-order chi connectivity index (χ0) is 16.8. The molecule has 3 heterocycles. The normalized spacial score (nSPS) is 13.1. The van der Waals surface area contributed by atoms with E-state index in [4.69, 9.17) is 5.73 Å². The molecule has 2 aromatic heterocycles. The van der Waals surface area contributed by atoms with Gasteiger partial charge in [-0.2, -0.15) is 0 Å². The summed E-state index contributed by atoms with van der Waals surface area (Å²) in [6.07, 6.45) is 7.09. The highest BCUT2D eigenvalue weighted by atomic mass is 35.5. The predicted molar refractivity (Wildman–Crippen MR) is 108 cm³/mol. The fraction of sp³-hybridized carbons (Fsp3) is 0.625. The topological polar surface area (TPSA) is 98.7 Å². The molecule has 0 spiro atoms. The quantitative estimate of drug-likeness (QED) is 0.668. The van der Waals surface area contributed by atoms with Gasteiger partial charge >= 0.3 is 0 Å². The molecule has 0 saturated heterocycles. The minimum absolute atomic E-state index is 0. The first-order valence-electron chi connectivity index (χ1n) is 8.61. The first-order chi connectivity index (χ1) is 11.8. The maximum Gasteiger partial charge on any atom is 0.270 e. The lowest BCUT2D eigenvalue weighted by Crippen LogP contribution is -2.25. The van der Waals surface area contributed by atoms with Crippen molar-refractivity contribution in [3.8, 4) is 0 Å². The van der Waals surface area contributed by atoms with Crippen LogP contribution in [-0.2, 0) is 25.8 Å². The molecule has 3 N–H and O–H groups in total. The van der Waals surface area contributed by atoms with Gasteiger partial charge in [-0.25, -0.2) is 4.98 Å². The Hall–Kier alpha value is -1.22. The van der Waals surface area contributed by atoms with Crippen molar-refractivity contribution >= 4 is 42.1 Å². The van der Waals surface area contributed by atoms with Gasteiger partial charge in [0.2, 0.25) is 0 Å². The van der Waals surface area contributed by atoms with E-state index in [1.807, 2.05) is 0 Å². The summed E-state index contributed by atoms with van der Waals surface area (Å²) in [5.74, 6) is 2.04. The molecule has 26 heavy (non-hydrogen) atoms. The highest BCUT2D eigenvalue weighted by Crippen LogP contribution is 2.15. The Kier molecular flexibility index (Phi) is 10.1. The largest absolute Gasteiger partial charge is 0.351 e. The SMILES string of the molecule is Cl.Cl.NCCc1nc(C(=O)NCCCc2nnc3n2CCCCC3)cs1. The minimum atomic E-state index is -0.116. The molecule has 1 amide bonds. The summed E-state index contributed by atoms with van der Waals surface area (Å²) in [7, 11) is 0. The summed E-state index contributed by atoms with van der Waals surface area (Å²) < 4.78 is 2.26. The van der Waals surface area contributed by atoms with Gasteiger partial charge in [0.25, 0.3) is 5.91 Å². The van der Waals surface area contributed by atoms with Crippen molar-refractivity contribution in [1.29, 1.82) is 0 Å². The van der Waals surface area contributed by atoms with Crippen LogP contribution in [0.3, 0.4) is 0 Å². The maximum atomic E-state index is 12.1. The Morgan fingerprint density at radius 1 is 1.23 bits per heavy atom. The van der Waals surface area contributed by atoms with E-state index < -0.39 is 0 Å². The highest BCUT2D eigenvalue weighted by Gasteiger charge is 2.14. The fourth-order valence-corrected chi connectivity index (χ4v) is 3.72. The Bertz CT molecular complexity index is 690. The van der Waals surface area contributed by atoms with E-state index in [1.54, 1.807) is 5.38 Å². The average Bonchev–Trinajstić information content (AvgIpc) is 3.13. The van der Waals surface area contributed by atoms with Crippen LogP contribution in [0.25, 0.3) is 0 Å². The number of carbonyl (C=O) groups is 1. The van der Waals surface area contributed by atoms with Crippen LogP contribution in [0, 0.1) is 0 Å². The summed E-state index contributed by atoms with van der Waals surface area (Å²) in [5, 5.41) is 14.2. The smallest absolute Gasteiger partial charge is 0.270 e. The number of amides is 1. The van der Waals surface area contributed by atoms with Crippen molar-refractivity contribution in [3.05, 3.63) is 27.7 Å². The number of carbonyl (C=O) groups excluding carboxylic acids is 1. The average molecular weight is 421 g/mol. The molecule has 0 aliphatic carbocycles. The Balaban J connectivity index is 0.00000169. The molecule has 0 atom stereocenters. The second-order valence-electron chi connectivity index (χ2n) is 6.02. The molecule has 0 aromatic carbocycles. The molecule has 1 aliphatic rings. The number of hydrogen-bond donors (Lipinski definition) is 2. The molecular weight excluding hydrogens is 395 g/mol. The molecule has 0 bridgehead atoms. The standard InChI is InChI=1S/C16H24N6OS.2ClH/c17-8-7-15-19-12(11-24-15)16(23)18-9-4-6-14-21-20-13-5-2-1-3-10-22(13)14;;/h11H,1-10,17H2,(H,18,23);2*1H. The first kappa shape index (κ1) is 22.8. The second kappa shape index (κ2) is 11.5. The number of fused-ring (bicyclic) bond motifs is 1. The molecule has 0 radical (unpaired) electrons. The van der Waals surface area contributed by atoms with Gasteiger partial charge in [0.05, 0.1) is 5.01 Å². The van der Waals surface area contributed by atoms with Crippen molar-refractivity contribution in [1.82, 2.24) is 25.1 Å². The third kappa shape index (κ3) is 5.90. The number of aryl methyl sites for hydroxylation is 2. The van der Waals surface area contributed by atoms with Crippen LogP contribution in [0.15, 0.2) is 5.38 Å². The van der Waals surface area contributed by atoms with E-state index in [0.29, 0.717) is 18.8 Å². The van der Waals surface area contributed by atoms with Crippen LogP contribution in [0.4, 0.5) is 0 Å².